The van der Waals surface area contributed by atoms with Gasteiger partial charge in [-0.05, 0) is 13.0 Å². The summed E-state index contributed by atoms with van der Waals surface area (Å²) in [5.41, 5.74) is 0.274. The Bertz CT molecular complexity index is 1260. The van der Waals surface area contributed by atoms with Crippen LogP contribution in [0.4, 0.5) is 33.9 Å². The maximum atomic E-state index is 13.8. The van der Waals surface area contributed by atoms with Gasteiger partial charge in [-0.25, -0.2) is 32.9 Å². The minimum Gasteiger partial charge on any atom is -0.441 e. The van der Waals surface area contributed by atoms with Crippen LogP contribution in [0.15, 0.2) is 30.9 Å². The summed E-state index contributed by atoms with van der Waals surface area (Å²) >= 11 is 0. The Labute approximate surface area is 195 Å². The molecule has 4 rings (SSSR count). The topological polar surface area (TPSA) is 124 Å². The average Bonchev–Trinajstić information content (AvgIpc) is 3.14. The Balaban J connectivity index is 1.42. The molecule has 0 unspecified atom stereocenters. The Hall–Kier alpha value is -4.10. The zero-order chi connectivity index (χ0) is 25.3. The second-order valence-corrected chi connectivity index (χ2v) is 7.98. The van der Waals surface area contributed by atoms with Gasteiger partial charge < -0.3 is 10.1 Å². The van der Waals surface area contributed by atoms with Gasteiger partial charge in [-0.15, -0.1) is 0 Å². The normalized spacial score (nSPS) is 15.7. The predicted octanol–water partition coefficient (Wildman–Crippen LogP) is 3.84. The highest BCUT2D eigenvalue weighted by Crippen LogP contribution is 2.42. The molecule has 1 atom stereocenters. The number of alkyl halides is 2. The molecule has 2 N–H and O–H groups in total. The summed E-state index contributed by atoms with van der Waals surface area (Å²) < 4.78 is 59.6. The van der Waals surface area contributed by atoms with Gasteiger partial charge in [0.05, 0.1) is 41.6 Å². The first-order valence-corrected chi connectivity index (χ1v) is 10.3. The van der Waals surface area contributed by atoms with Crippen LogP contribution in [0.2, 0.25) is 0 Å². The first kappa shape index (κ1) is 24.0. The van der Waals surface area contributed by atoms with Crippen LogP contribution in [0.5, 0.6) is 0 Å². The van der Waals surface area contributed by atoms with Gasteiger partial charge in [-0.2, -0.15) is 9.49 Å². The molecule has 10 nitrogen and oxygen atoms in total. The van der Waals surface area contributed by atoms with Crippen molar-refractivity contribution in [2.45, 2.75) is 31.8 Å². The lowest BCUT2D eigenvalue weighted by atomic mass is 9.81. The highest BCUT2D eigenvalue weighted by molar-refractivity contribution is 5.93. The van der Waals surface area contributed by atoms with Crippen molar-refractivity contribution in [2.75, 3.05) is 10.6 Å². The minimum atomic E-state index is -2.81. The van der Waals surface area contributed by atoms with Crippen LogP contribution >= 0.6 is 0 Å². The zero-order valence-corrected chi connectivity index (χ0v) is 18.4. The van der Waals surface area contributed by atoms with Gasteiger partial charge >= 0.3 is 6.09 Å². The maximum Gasteiger partial charge on any atom is 0.413 e. The van der Waals surface area contributed by atoms with Crippen molar-refractivity contribution >= 4 is 23.5 Å². The van der Waals surface area contributed by atoms with Crippen LogP contribution in [-0.2, 0) is 16.6 Å². The lowest BCUT2D eigenvalue weighted by Crippen LogP contribution is -2.42. The van der Waals surface area contributed by atoms with Crippen LogP contribution in [0.25, 0.3) is 11.4 Å². The molecule has 1 aliphatic carbocycles. The van der Waals surface area contributed by atoms with Gasteiger partial charge in [0.25, 0.3) is 0 Å². The molecule has 0 aliphatic heterocycles. The molecule has 3 heterocycles. The molecule has 184 valence electrons. The summed E-state index contributed by atoms with van der Waals surface area (Å²) in [4.78, 5) is 35.9. The smallest absolute Gasteiger partial charge is 0.413 e. The van der Waals surface area contributed by atoms with Crippen molar-refractivity contribution in [1.82, 2.24) is 24.7 Å². The quantitative estimate of drug-likeness (QED) is 0.395. The first-order valence-electron chi connectivity index (χ1n) is 10.3. The fraction of sp³-hybridized carbons (Fsp3) is 0.333. The summed E-state index contributed by atoms with van der Waals surface area (Å²) in [5.74, 6) is -5.61. The average molecular weight is 493 g/mol. The van der Waals surface area contributed by atoms with Gasteiger partial charge in [0, 0.05) is 25.8 Å². The van der Waals surface area contributed by atoms with Crippen LogP contribution in [-0.4, -0.2) is 42.7 Å². The number of aryl methyl sites for hydroxylation is 1. The highest BCUT2D eigenvalue weighted by Gasteiger charge is 2.48. The van der Waals surface area contributed by atoms with E-state index >= 15 is 0 Å². The van der Waals surface area contributed by atoms with Crippen LogP contribution in [0.3, 0.4) is 0 Å². The number of amides is 2. The number of halogens is 4. The van der Waals surface area contributed by atoms with Crippen LogP contribution in [0, 0.1) is 17.7 Å². The van der Waals surface area contributed by atoms with Gasteiger partial charge in [0.15, 0.2) is 5.82 Å². The molecule has 0 spiro atoms. The largest absolute Gasteiger partial charge is 0.441 e. The van der Waals surface area contributed by atoms with E-state index in [1.165, 1.54) is 37.2 Å². The van der Waals surface area contributed by atoms with Gasteiger partial charge in [0.2, 0.25) is 17.8 Å². The van der Waals surface area contributed by atoms with E-state index in [0.29, 0.717) is 11.8 Å². The molecule has 1 aliphatic rings. The number of nitrogens with zero attached hydrogens (tertiary/aromatic N) is 5. The number of rotatable bonds is 6. The molecule has 0 radical (unpaired) electrons. The lowest BCUT2D eigenvalue weighted by molar-refractivity contribution is -0.145. The molecule has 1 saturated carbocycles. The third-order valence-electron chi connectivity index (χ3n) is 5.33. The molecule has 14 heteroatoms. The van der Waals surface area contributed by atoms with Crippen molar-refractivity contribution in [1.29, 1.82) is 0 Å². The predicted molar refractivity (Wildman–Crippen MR) is 113 cm³/mol. The van der Waals surface area contributed by atoms with Gasteiger partial charge in [-0.3, -0.25) is 14.8 Å². The Kier molecular flexibility index (Phi) is 6.37. The Morgan fingerprint density at radius 3 is 2.46 bits per heavy atom. The lowest BCUT2D eigenvalue weighted by Gasteiger charge is -2.33. The number of anilines is 2. The van der Waals surface area contributed by atoms with E-state index in [1.54, 1.807) is 0 Å². The number of carbonyl (C=O) groups excluding carboxylic acids is 2. The van der Waals surface area contributed by atoms with E-state index < -0.39 is 54.6 Å². The highest BCUT2D eigenvalue weighted by atomic mass is 19.3. The number of aromatic nitrogens is 5. The number of carbonyl (C=O) groups is 2. The molecule has 2 amide bonds. The fourth-order valence-corrected chi connectivity index (χ4v) is 3.45. The van der Waals surface area contributed by atoms with E-state index in [4.69, 9.17) is 4.74 Å². The molecule has 0 saturated heterocycles. The Morgan fingerprint density at radius 2 is 1.80 bits per heavy atom. The number of ether oxygens (including phenoxy) is 1. The standard InChI is InChI=1S/C21H19F4N7O3/c1-10(14-3-12(22)6-26-16(14)23)35-20(34)31-18-15(9-29-32(18)2)17-27-7-13(8-28-17)30-19(33)11-4-21(24,25)5-11/h3,6-11H,4-5H2,1-2H3,(H,30,33)(H,31,34)/t10-/m1/s1. The number of hydrogen-bond acceptors (Lipinski definition) is 7. The van der Waals surface area contributed by atoms with Crippen molar-refractivity contribution in [3.63, 3.8) is 0 Å². The molecule has 3 aromatic rings. The second kappa shape index (κ2) is 9.27. The Morgan fingerprint density at radius 1 is 1.11 bits per heavy atom. The molecule has 0 aromatic carbocycles. The second-order valence-electron chi connectivity index (χ2n) is 7.98. The third-order valence-corrected chi connectivity index (χ3v) is 5.33. The molecule has 1 fully saturated rings. The van der Waals surface area contributed by atoms with E-state index in [2.05, 4.69) is 30.7 Å². The van der Waals surface area contributed by atoms with Gasteiger partial charge in [0.1, 0.15) is 17.7 Å². The SMILES string of the molecule is C[C@@H](OC(=O)Nc1c(-c2ncc(NC(=O)C3CC(F)(F)C3)cn2)cnn1C)c1cc(F)cnc1F. The van der Waals surface area contributed by atoms with Crippen molar-refractivity contribution < 1.29 is 31.9 Å². The monoisotopic (exact) mass is 493 g/mol. The summed E-state index contributed by atoms with van der Waals surface area (Å²) in [6, 6.07) is 0.875. The summed E-state index contributed by atoms with van der Waals surface area (Å²) in [7, 11) is 1.53. The van der Waals surface area contributed by atoms with E-state index in [0.717, 1.165) is 6.07 Å². The number of hydrogen-bond donors (Lipinski definition) is 2. The molecule has 0 bridgehead atoms. The van der Waals surface area contributed by atoms with Crippen LogP contribution < -0.4 is 10.6 Å². The van der Waals surface area contributed by atoms with E-state index in [9.17, 15) is 27.2 Å². The molecule has 35 heavy (non-hydrogen) atoms. The summed E-state index contributed by atoms with van der Waals surface area (Å²) in [6.45, 7) is 1.35. The third kappa shape index (κ3) is 5.36. The van der Waals surface area contributed by atoms with Gasteiger partial charge in [-0.1, -0.05) is 0 Å². The number of nitrogens with one attached hydrogen (secondary N) is 2. The molecular formula is C21H19F4N7O3. The van der Waals surface area contributed by atoms with E-state index in [1.807, 2.05) is 0 Å². The van der Waals surface area contributed by atoms with Crippen molar-refractivity contribution in [3.8, 4) is 11.4 Å². The molecule has 3 aromatic heterocycles. The van der Waals surface area contributed by atoms with Crippen molar-refractivity contribution in [2.24, 2.45) is 13.0 Å². The summed E-state index contributed by atoms with van der Waals surface area (Å²) in [5, 5.41) is 8.99. The first-order chi connectivity index (χ1) is 16.5. The van der Waals surface area contributed by atoms with Crippen molar-refractivity contribution in [3.05, 3.63) is 48.2 Å². The fourth-order valence-electron chi connectivity index (χ4n) is 3.45. The number of pyridine rings is 1. The molecular weight excluding hydrogens is 474 g/mol. The maximum absolute atomic E-state index is 13.8. The summed E-state index contributed by atoms with van der Waals surface area (Å²) in [6.07, 6.45) is 1.52. The zero-order valence-electron chi connectivity index (χ0n) is 18.4. The van der Waals surface area contributed by atoms with E-state index in [-0.39, 0.29) is 22.9 Å². The van der Waals surface area contributed by atoms with Crippen LogP contribution in [0.1, 0.15) is 31.4 Å². The minimum absolute atomic E-state index is 0.134.